The molecule has 1 aliphatic rings. The molecule has 0 radical (unpaired) electrons. The molecule has 2 heterocycles. The second-order valence-corrected chi connectivity index (χ2v) is 8.26. The van der Waals surface area contributed by atoms with Crippen molar-refractivity contribution in [3.05, 3.63) is 58.5 Å². The van der Waals surface area contributed by atoms with E-state index in [9.17, 15) is 18.0 Å². The van der Waals surface area contributed by atoms with E-state index in [0.29, 0.717) is 30.8 Å². The number of carbonyl (C=O) groups is 1. The molecule has 0 unspecified atom stereocenters. The van der Waals surface area contributed by atoms with E-state index in [1.54, 1.807) is 35.2 Å². The molecule has 1 aliphatic heterocycles. The van der Waals surface area contributed by atoms with Gasteiger partial charge in [-0.3, -0.25) is 9.59 Å². The summed E-state index contributed by atoms with van der Waals surface area (Å²) in [6.45, 7) is 0.695. The number of likely N-dealkylation sites (tertiary alicyclic amines) is 1. The predicted octanol–water partition coefficient (Wildman–Crippen LogP) is 0.859. The molecule has 0 saturated carbocycles. The standard InChI is InChI=1S/C17H19N3O4S/c1-19-16(21)8-7-15(18-19)17(22)20-11-9-14(10-12-20)25(23,24)13-5-3-2-4-6-13/h2-8,14H,9-12H2,1H3. The molecular weight excluding hydrogens is 342 g/mol. The van der Waals surface area contributed by atoms with Crippen molar-refractivity contribution in [3.63, 3.8) is 0 Å². The summed E-state index contributed by atoms with van der Waals surface area (Å²) >= 11 is 0. The summed E-state index contributed by atoms with van der Waals surface area (Å²) in [5.74, 6) is -0.286. The highest BCUT2D eigenvalue weighted by Crippen LogP contribution is 2.24. The first-order valence-electron chi connectivity index (χ1n) is 8.02. The van der Waals surface area contributed by atoms with Crippen LogP contribution in [-0.4, -0.2) is 47.3 Å². The lowest BCUT2D eigenvalue weighted by Gasteiger charge is -2.31. The van der Waals surface area contributed by atoms with E-state index in [4.69, 9.17) is 0 Å². The van der Waals surface area contributed by atoms with Crippen LogP contribution in [0.5, 0.6) is 0 Å². The van der Waals surface area contributed by atoms with Crippen molar-refractivity contribution in [2.75, 3.05) is 13.1 Å². The first-order valence-corrected chi connectivity index (χ1v) is 9.57. The van der Waals surface area contributed by atoms with Gasteiger partial charge >= 0.3 is 0 Å². The summed E-state index contributed by atoms with van der Waals surface area (Å²) in [5.41, 5.74) is -0.101. The monoisotopic (exact) mass is 361 g/mol. The molecule has 7 nitrogen and oxygen atoms in total. The molecule has 1 fully saturated rings. The van der Waals surface area contributed by atoms with E-state index in [0.717, 1.165) is 4.68 Å². The summed E-state index contributed by atoms with van der Waals surface area (Å²) in [6, 6.07) is 11.1. The first-order chi connectivity index (χ1) is 11.9. The number of hydrogen-bond donors (Lipinski definition) is 0. The lowest BCUT2D eigenvalue weighted by atomic mass is 10.1. The molecule has 25 heavy (non-hydrogen) atoms. The number of aromatic nitrogens is 2. The van der Waals surface area contributed by atoms with Gasteiger partial charge in [-0.25, -0.2) is 13.1 Å². The van der Waals surface area contributed by atoms with Crippen LogP contribution in [0.15, 0.2) is 52.2 Å². The van der Waals surface area contributed by atoms with E-state index in [-0.39, 0.29) is 17.2 Å². The topological polar surface area (TPSA) is 89.3 Å². The Hall–Kier alpha value is -2.48. The maximum Gasteiger partial charge on any atom is 0.274 e. The van der Waals surface area contributed by atoms with Crippen molar-refractivity contribution in [2.24, 2.45) is 7.05 Å². The molecule has 8 heteroatoms. The van der Waals surface area contributed by atoms with Crippen molar-refractivity contribution in [1.29, 1.82) is 0 Å². The Morgan fingerprint density at radius 3 is 2.32 bits per heavy atom. The molecule has 0 atom stereocenters. The van der Waals surface area contributed by atoms with Gasteiger partial charge in [-0.2, -0.15) is 5.10 Å². The highest BCUT2D eigenvalue weighted by molar-refractivity contribution is 7.92. The molecule has 2 aromatic rings. The van der Waals surface area contributed by atoms with Crippen LogP contribution < -0.4 is 5.56 Å². The number of benzene rings is 1. The van der Waals surface area contributed by atoms with Gasteiger partial charge in [-0.15, -0.1) is 0 Å². The predicted molar refractivity (Wildman–Crippen MR) is 92.0 cm³/mol. The second-order valence-electron chi connectivity index (χ2n) is 6.03. The third kappa shape index (κ3) is 3.48. The Morgan fingerprint density at radius 1 is 1.08 bits per heavy atom. The van der Waals surface area contributed by atoms with Gasteiger partial charge < -0.3 is 4.90 Å². The Bertz CT molecular complexity index is 930. The number of sulfone groups is 1. The Labute approximate surface area is 145 Å². The summed E-state index contributed by atoms with van der Waals surface area (Å²) in [7, 11) is -1.90. The summed E-state index contributed by atoms with van der Waals surface area (Å²) < 4.78 is 26.4. The molecular formula is C17H19N3O4S. The van der Waals surface area contributed by atoms with Crippen LogP contribution in [0, 0.1) is 0 Å². The largest absolute Gasteiger partial charge is 0.337 e. The summed E-state index contributed by atoms with van der Waals surface area (Å²) in [4.78, 5) is 25.8. The lowest BCUT2D eigenvalue weighted by Crippen LogP contribution is -2.43. The average Bonchev–Trinajstić information content (AvgIpc) is 2.64. The maximum absolute atomic E-state index is 12.7. The van der Waals surface area contributed by atoms with E-state index in [1.807, 2.05) is 0 Å². The minimum atomic E-state index is -3.39. The fourth-order valence-corrected chi connectivity index (χ4v) is 4.70. The fourth-order valence-electron chi connectivity index (χ4n) is 2.95. The summed E-state index contributed by atoms with van der Waals surface area (Å²) in [6.07, 6.45) is 0.767. The number of amides is 1. The van der Waals surface area contributed by atoms with E-state index < -0.39 is 15.1 Å². The zero-order chi connectivity index (χ0) is 18.0. The van der Waals surface area contributed by atoms with Crippen LogP contribution in [-0.2, 0) is 16.9 Å². The minimum absolute atomic E-state index is 0.187. The number of piperidine rings is 1. The normalized spacial score (nSPS) is 16.0. The molecule has 1 aromatic carbocycles. The molecule has 0 N–H and O–H groups in total. The lowest BCUT2D eigenvalue weighted by molar-refractivity contribution is 0.0717. The van der Waals surface area contributed by atoms with Crippen molar-refractivity contribution in [3.8, 4) is 0 Å². The fraction of sp³-hybridized carbons (Fsp3) is 0.353. The van der Waals surface area contributed by atoms with Crippen molar-refractivity contribution in [2.45, 2.75) is 23.0 Å². The Balaban J connectivity index is 1.70. The van der Waals surface area contributed by atoms with Gasteiger partial charge in [0, 0.05) is 26.2 Å². The van der Waals surface area contributed by atoms with Gasteiger partial charge in [0.1, 0.15) is 5.69 Å². The Morgan fingerprint density at radius 2 is 1.72 bits per heavy atom. The smallest absolute Gasteiger partial charge is 0.274 e. The van der Waals surface area contributed by atoms with Crippen LogP contribution in [0.2, 0.25) is 0 Å². The first kappa shape index (κ1) is 17.3. The van der Waals surface area contributed by atoms with E-state index >= 15 is 0 Å². The quantitative estimate of drug-likeness (QED) is 0.809. The third-order valence-electron chi connectivity index (χ3n) is 4.42. The zero-order valence-corrected chi connectivity index (χ0v) is 14.6. The van der Waals surface area contributed by atoms with Crippen LogP contribution in [0.3, 0.4) is 0 Å². The van der Waals surface area contributed by atoms with Gasteiger partial charge in [0.05, 0.1) is 10.1 Å². The molecule has 1 aromatic heterocycles. The van der Waals surface area contributed by atoms with Gasteiger partial charge in [-0.1, -0.05) is 18.2 Å². The second kappa shape index (κ2) is 6.79. The SMILES string of the molecule is Cn1nc(C(=O)N2CCC(S(=O)(=O)c3ccccc3)CC2)ccc1=O. The minimum Gasteiger partial charge on any atom is -0.337 e. The van der Waals surface area contributed by atoms with Crippen LogP contribution in [0.4, 0.5) is 0 Å². The van der Waals surface area contributed by atoms with Gasteiger partial charge in [0.15, 0.2) is 9.84 Å². The van der Waals surface area contributed by atoms with E-state index in [1.165, 1.54) is 19.2 Å². The molecule has 0 bridgehead atoms. The van der Waals surface area contributed by atoms with Gasteiger partial charge in [0.2, 0.25) is 0 Å². The highest BCUT2D eigenvalue weighted by Gasteiger charge is 2.33. The highest BCUT2D eigenvalue weighted by atomic mass is 32.2. The molecule has 1 amide bonds. The summed E-state index contributed by atoms with van der Waals surface area (Å²) in [5, 5.41) is 3.46. The molecule has 1 saturated heterocycles. The Kier molecular flexibility index (Phi) is 4.71. The molecule has 132 valence electrons. The number of aryl methyl sites for hydroxylation is 1. The number of rotatable bonds is 3. The third-order valence-corrected chi connectivity index (χ3v) is 6.70. The molecule has 3 rings (SSSR count). The van der Waals surface area contributed by atoms with Gasteiger partial charge in [0.25, 0.3) is 11.5 Å². The van der Waals surface area contributed by atoms with Crippen LogP contribution >= 0.6 is 0 Å². The average molecular weight is 361 g/mol. The number of carbonyl (C=O) groups excluding carboxylic acids is 1. The van der Waals surface area contributed by atoms with E-state index in [2.05, 4.69) is 5.10 Å². The van der Waals surface area contributed by atoms with Crippen molar-refractivity contribution in [1.82, 2.24) is 14.7 Å². The van der Waals surface area contributed by atoms with Crippen LogP contribution in [0.1, 0.15) is 23.3 Å². The zero-order valence-electron chi connectivity index (χ0n) is 13.8. The number of nitrogens with zero attached hydrogens (tertiary/aromatic N) is 3. The van der Waals surface area contributed by atoms with Gasteiger partial charge in [-0.05, 0) is 31.0 Å². The van der Waals surface area contributed by atoms with Crippen molar-refractivity contribution >= 4 is 15.7 Å². The van der Waals surface area contributed by atoms with Crippen LogP contribution in [0.25, 0.3) is 0 Å². The molecule has 0 spiro atoms. The number of hydrogen-bond acceptors (Lipinski definition) is 5. The van der Waals surface area contributed by atoms with Crippen molar-refractivity contribution < 1.29 is 13.2 Å². The maximum atomic E-state index is 12.7. The molecule has 0 aliphatic carbocycles.